The number of aliphatic imine (C=N–C) groups is 1. The van der Waals surface area contributed by atoms with E-state index in [4.69, 9.17) is 0 Å². The highest BCUT2D eigenvalue weighted by molar-refractivity contribution is 5.82. The van der Waals surface area contributed by atoms with E-state index in [0.717, 1.165) is 25.8 Å². The molecule has 1 rings (SSSR count). The van der Waals surface area contributed by atoms with Crippen LogP contribution in [0, 0.1) is 5.92 Å². The largest absolute Gasteiger partial charge is 0.357 e. The third kappa shape index (κ3) is 8.49. The standard InChI is InChI=1S/C15H29N5O2/c1-3-8-17-13(21)7-9-19-15(16-4-2)20-11-10-18-14(22)12-5-6-12/h12H,3-11H2,1-2H3,(H,17,21)(H,18,22)(H2,16,19,20). The highest BCUT2D eigenvalue weighted by Gasteiger charge is 2.28. The van der Waals surface area contributed by atoms with Crippen molar-refractivity contribution in [3.63, 3.8) is 0 Å². The lowest BCUT2D eigenvalue weighted by atomic mass is 10.4. The second-order valence-corrected chi connectivity index (χ2v) is 5.35. The first-order valence-corrected chi connectivity index (χ1v) is 8.24. The maximum Gasteiger partial charge on any atom is 0.223 e. The lowest BCUT2D eigenvalue weighted by Gasteiger charge is -2.11. The second kappa shape index (κ2) is 10.9. The molecule has 22 heavy (non-hydrogen) atoms. The van der Waals surface area contributed by atoms with Crippen LogP contribution in [0.4, 0.5) is 0 Å². The van der Waals surface area contributed by atoms with Crippen molar-refractivity contribution in [3.8, 4) is 0 Å². The van der Waals surface area contributed by atoms with Crippen LogP contribution in [-0.4, -0.2) is 50.5 Å². The van der Waals surface area contributed by atoms with Crippen LogP contribution in [-0.2, 0) is 9.59 Å². The van der Waals surface area contributed by atoms with Gasteiger partial charge in [-0.1, -0.05) is 6.92 Å². The molecule has 0 bridgehead atoms. The minimum absolute atomic E-state index is 0.0261. The van der Waals surface area contributed by atoms with E-state index in [2.05, 4.69) is 26.3 Å². The zero-order valence-corrected chi connectivity index (χ0v) is 13.7. The fourth-order valence-corrected chi connectivity index (χ4v) is 1.82. The molecular formula is C15H29N5O2. The van der Waals surface area contributed by atoms with Crippen LogP contribution in [0.25, 0.3) is 0 Å². The average Bonchev–Trinajstić information content (AvgIpc) is 3.34. The number of guanidine groups is 1. The van der Waals surface area contributed by atoms with Gasteiger partial charge in [-0.2, -0.15) is 0 Å². The van der Waals surface area contributed by atoms with E-state index in [1.807, 2.05) is 13.8 Å². The number of carbonyl (C=O) groups is 2. The normalized spacial score (nSPS) is 14.4. The molecule has 7 nitrogen and oxygen atoms in total. The molecule has 2 amide bonds. The Hall–Kier alpha value is -1.79. The molecule has 0 radical (unpaired) electrons. The van der Waals surface area contributed by atoms with Gasteiger partial charge in [0, 0.05) is 38.5 Å². The third-order valence-electron chi connectivity index (χ3n) is 3.19. The molecule has 0 spiro atoms. The average molecular weight is 311 g/mol. The molecule has 1 saturated carbocycles. The van der Waals surface area contributed by atoms with E-state index in [9.17, 15) is 9.59 Å². The Balaban J connectivity index is 2.17. The summed E-state index contributed by atoms with van der Waals surface area (Å²) in [7, 11) is 0. The number of carbonyl (C=O) groups excluding carboxylic acids is 2. The molecule has 0 aromatic heterocycles. The molecule has 126 valence electrons. The summed E-state index contributed by atoms with van der Waals surface area (Å²) in [5, 5.41) is 12.0. The monoisotopic (exact) mass is 311 g/mol. The molecule has 0 atom stereocenters. The van der Waals surface area contributed by atoms with E-state index in [-0.39, 0.29) is 17.7 Å². The maximum absolute atomic E-state index is 11.5. The number of nitrogens with zero attached hydrogens (tertiary/aromatic N) is 1. The fourth-order valence-electron chi connectivity index (χ4n) is 1.82. The molecule has 0 heterocycles. The summed E-state index contributed by atoms with van der Waals surface area (Å²) >= 11 is 0. The summed E-state index contributed by atoms with van der Waals surface area (Å²) in [6.07, 6.45) is 3.35. The van der Waals surface area contributed by atoms with E-state index in [1.165, 1.54) is 0 Å². The van der Waals surface area contributed by atoms with Crippen molar-refractivity contribution in [3.05, 3.63) is 0 Å². The zero-order chi connectivity index (χ0) is 16.2. The summed E-state index contributed by atoms with van der Waals surface area (Å²) in [4.78, 5) is 27.3. The molecule has 1 aliphatic rings. The van der Waals surface area contributed by atoms with E-state index in [0.29, 0.717) is 38.6 Å². The minimum atomic E-state index is 0.0261. The molecule has 0 unspecified atom stereocenters. The van der Waals surface area contributed by atoms with Gasteiger partial charge in [0.25, 0.3) is 0 Å². The molecule has 0 aromatic carbocycles. The van der Waals surface area contributed by atoms with Gasteiger partial charge in [0.15, 0.2) is 5.96 Å². The van der Waals surface area contributed by atoms with E-state index >= 15 is 0 Å². The van der Waals surface area contributed by atoms with Gasteiger partial charge in [0.2, 0.25) is 11.8 Å². The zero-order valence-electron chi connectivity index (χ0n) is 13.7. The van der Waals surface area contributed by atoms with Gasteiger partial charge in [-0.05, 0) is 26.2 Å². The lowest BCUT2D eigenvalue weighted by Crippen LogP contribution is -2.42. The molecule has 0 aromatic rings. The van der Waals surface area contributed by atoms with E-state index in [1.54, 1.807) is 0 Å². The van der Waals surface area contributed by atoms with Crippen LogP contribution < -0.4 is 21.3 Å². The summed E-state index contributed by atoms with van der Waals surface area (Å²) in [5.74, 6) is 1.09. The number of rotatable bonds is 10. The Morgan fingerprint density at radius 1 is 1.00 bits per heavy atom. The molecule has 1 aliphatic carbocycles. The first kappa shape index (κ1) is 18.3. The summed E-state index contributed by atoms with van der Waals surface area (Å²) in [5.41, 5.74) is 0. The van der Waals surface area contributed by atoms with Crippen LogP contribution >= 0.6 is 0 Å². The Labute approximate surface area is 132 Å². The van der Waals surface area contributed by atoms with Crippen molar-refractivity contribution >= 4 is 17.8 Å². The predicted molar refractivity (Wildman–Crippen MR) is 87.6 cm³/mol. The SMILES string of the molecule is CCCNC(=O)CCN=C(NCC)NCCNC(=O)C1CC1. The van der Waals surface area contributed by atoms with Gasteiger partial charge in [0.1, 0.15) is 0 Å². The summed E-state index contributed by atoms with van der Waals surface area (Å²) in [6, 6.07) is 0. The second-order valence-electron chi connectivity index (χ2n) is 5.35. The van der Waals surface area contributed by atoms with Crippen molar-refractivity contribution in [2.24, 2.45) is 10.9 Å². The van der Waals surface area contributed by atoms with Gasteiger partial charge in [-0.25, -0.2) is 0 Å². The quantitative estimate of drug-likeness (QED) is 0.259. The van der Waals surface area contributed by atoms with Crippen LogP contribution in [0.5, 0.6) is 0 Å². The number of nitrogens with one attached hydrogen (secondary N) is 4. The van der Waals surface area contributed by atoms with Gasteiger partial charge < -0.3 is 21.3 Å². The fraction of sp³-hybridized carbons (Fsp3) is 0.800. The Bertz CT molecular complexity index is 380. The highest BCUT2D eigenvalue weighted by atomic mass is 16.2. The van der Waals surface area contributed by atoms with Crippen LogP contribution in [0.15, 0.2) is 4.99 Å². The molecule has 4 N–H and O–H groups in total. The minimum Gasteiger partial charge on any atom is -0.357 e. The van der Waals surface area contributed by atoms with Crippen molar-refractivity contribution in [1.82, 2.24) is 21.3 Å². The smallest absolute Gasteiger partial charge is 0.223 e. The Morgan fingerprint density at radius 3 is 2.36 bits per heavy atom. The number of hydrogen-bond donors (Lipinski definition) is 4. The third-order valence-corrected chi connectivity index (χ3v) is 3.19. The van der Waals surface area contributed by atoms with Gasteiger partial charge in [0.05, 0.1) is 6.54 Å². The Kier molecular flexibility index (Phi) is 9.02. The number of amides is 2. The van der Waals surface area contributed by atoms with Crippen LogP contribution in [0.3, 0.4) is 0 Å². The topological polar surface area (TPSA) is 94.6 Å². The van der Waals surface area contributed by atoms with Crippen molar-refractivity contribution in [1.29, 1.82) is 0 Å². The first-order valence-electron chi connectivity index (χ1n) is 8.24. The predicted octanol–water partition coefficient (Wildman–Crippen LogP) is -0.0160. The molecule has 0 saturated heterocycles. The van der Waals surface area contributed by atoms with Crippen molar-refractivity contribution < 1.29 is 9.59 Å². The highest BCUT2D eigenvalue weighted by Crippen LogP contribution is 2.28. The van der Waals surface area contributed by atoms with Gasteiger partial charge in [-0.15, -0.1) is 0 Å². The molecule has 7 heteroatoms. The maximum atomic E-state index is 11.5. The van der Waals surface area contributed by atoms with Gasteiger partial charge >= 0.3 is 0 Å². The van der Waals surface area contributed by atoms with Crippen molar-refractivity contribution in [2.45, 2.75) is 39.5 Å². The first-order chi connectivity index (χ1) is 10.7. The lowest BCUT2D eigenvalue weighted by molar-refractivity contribution is -0.122. The van der Waals surface area contributed by atoms with Crippen LogP contribution in [0.1, 0.15) is 39.5 Å². The molecule has 1 fully saturated rings. The molecule has 0 aliphatic heterocycles. The summed E-state index contributed by atoms with van der Waals surface area (Å²) in [6.45, 7) is 7.11. The molecular weight excluding hydrogens is 282 g/mol. The Morgan fingerprint density at radius 2 is 1.73 bits per heavy atom. The van der Waals surface area contributed by atoms with E-state index < -0.39 is 0 Å². The number of hydrogen-bond acceptors (Lipinski definition) is 3. The summed E-state index contributed by atoms with van der Waals surface area (Å²) < 4.78 is 0. The van der Waals surface area contributed by atoms with Crippen molar-refractivity contribution in [2.75, 3.05) is 32.7 Å². The van der Waals surface area contributed by atoms with Gasteiger partial charge in [-0.3, -0.25) is 14.6 Å². The van der Waals surface area contributed by atoms with Crippen LogP contribution in [0.2, 0.25) is 0 Å².